The minimum Gasteiger partial charge on any atom is -0.382 e. The van der Waals surface area contributed by atoms with E-state index in [9.17, 15) is 4.79 Å². The molecule has 1 aliphatic heterocycles. The van der Waals surface area contributed by atoms with Crippen LogP contribution in [-0.2, 0) is 0 Å². The third-order valence-electron chi connectivity index (χ3n) is 3.85. The molecule has 0 fully saturated rings. The van der Waals surface area contributed by atoms with E-state index in [0.717, 1.165) is 48.8 Å². The van der Waals surface area contributed by atoms with Gasteiger partial charge in [0.1, 0.15) is 0 Å². The number of anilines is 2. The van der Waals surface area contributed by atoms with Crippen LogP contribution in [0.1, 0.15) is 50.4 Å². The van der Waals surface area contributed by atoms with E-state index in [2.05, 4.69) is 36.7 Å². The highest BCUT2D eigenvalue weighted by Crippen LogP contribution is 2.28. The van der Waals surface area contributed by atoms with Gasteiger partial charge in [-0.2, -0.15) is 0 Å². The SMILES string of the molecule is CC(C)CCCC(C)NC(=O)c1cccc2c1NCCN2. The minimum atomic E-state index is 0.0140. The number of carbonyl (C=O) groups excluding carboxylic acids is 1. The second kappa shape index (κ2) is 7.34. The lowest BCUT2D eigenvalue weighted by Crippen LogP contribution is -2.34. The van der Waals surface area contributed by atoms with E-state index in [1.54, 1.807) is 0 Å². The predicted octanol–water partition coefficient (Wildman–Crippen LogP) is 3.47. The first-order chi connectivity index (χ1) is 10.1. The van der Waals surface area contributed by atoms with Crippen molar-refractivity contribution in [2.45, 2.75) is 46.1 Å². The molecular weight excluding hydrogens is 262 g/mol. The second-order valence-corrected chi connectivity index (χ2v) is 6.28. The van der Waals surface area contributed by atoms with Gasteiger partial charge in [-0.25, -0.2) is 0 Å². The molecule has 1 aromatic carbocycles. The number of fused-ring (bicyclic) bond motifs is 1. The van der Waals surface area contributed by atoms with E-state index in [0.29, 0.717) is 0 Å². The highest BCUT2D eigenvalue weighted by atomic mass is 16.1. The summed E-state index contributed by atoms with van der Waals surface area (Å²) >= 11 is 0. The summed E-state index contributed by atoms with van der Waals surface area (Å²) in [4.78, 5) is 12.4. The summed E-state index contributed by atoms with van der Waals surface area (Å²) in [5.74, 6) is 0.740. The van der Waals surface area contributed by atoms with Crippen molar-refractivity contribution in [2.24, 2.45) is 5.92 Å². The maximum atomic E-state index is 12.4. The van der Waals surface area contributed by atoms with Crippen molar-refractivity contribution < 1.29 is 4.79 Å². The van der Waals surface area contributed by atoms with E-state index in [-0.39, 0.29) is 11.9 Å². The molecule has 1 aromatic rings. The van der Waals surface area contributed by atoms with Gasteiger partial charge in [0.15, 0.2) is 0 Å². The molecule has 2 rings (SSSR count). The fraction of sp³-hybridized carbons (Fsp3) is 0.588. The first-order valence-electron chi connectivity index (χ1n) is 7.99. The zero-order valence-electron chi connectivity index (χ0n) is 13.3. The summed E-state index contributed by atoms with van der Waals surface area (Å²) in [6.45, 7) is 8.29. The van der Waals surface area contributed by atoms with Crippen molar-refractivity contribution >= 4 is 17.3 Å². The van der Waals surface area contributed by atoms with Gasteiger partial charge in [0.05, 0.1) is 16.9 Å². The number of rotatable bonds is 6. The third kappa shape index (κ3) is 4.38. The largest absolute Gasteiger partial charge is 0.382 e. The Balaban J connectivity index is 1.94. The fourth-order valence-corrected chi connectivity index (χ4v) is 2.67. The number of nitrogens with one attached hydrogen (secondary N) is 3. The first kappa shape index (κ1) is 15.7. The Labute approximate surface area is 127 Å². The van der Waals surface area contributed by atoms with E-state index < -0.39 is 0 Å². The average molecular weight is 289 g/mol. The Morgan fingerprint density at radius 1 is 1.19 bits per heavy atom. The topological polar surface area (TPSA) is 53.2 Å². The van der Waals surface area contributed by atoms with Crippen molar-refractivity contribution in [1.82, 2.24) is 5.32 Å². The summed E-state index contributed by atoms with van der Waals surface area (Å²) in [6.07, 6.45) is 3.41. The molecule has 0 spiro atoms. The normalized spacial score (nSPS) is 14.9. The minimum absolute atomic E-state index is 0.0140. The van der Waals surface area contributed by atoms with Crippen LogP contribution in [0.4, 0.5) is 11.4 Å². The maximum Gasteiger partial charge on any atom is 0.253 e. The summed E-state index contributed by atoms with van der Waals surface area (Å²) in [6, 6.07) is 6.03. The highest BCUT2D eigenvalue weighted by Gasteiger charge is 2.18. The van der Waals surface area contributed by atoms with Crippen LogP contribution in [-0.4, -0.2) is 25.0 Å². The molecule has 0 aromatic heterocycles. The molecule has 21 heavy (non-hydrogen) atoms. The molecule has 0 aliphatic carbocycles. The summed E-state index contributed by atoms with van der Waals surface area (Å²) in [7, 11) is 0. The van der Waals surface area contributed by atoms with Crippen LogP contribution in [0.15, 0.2) is 18.2 Å². The highest BCUT2D eigenvalue weighted by molar-refractivity contribution is 6.02. The predicted molar refractivity (Wildman–Crippen MR) is 89.0 cm³/mol. The maximum absolute atomic E-state index is 12.4. The number of carbonyl (C=O) groups is 1. The molecule has 116 valence electrons. The Morgan fingerprint density at radius 2 is 1.95 bits per heavy atom. The van der Waals surface area contributed by atoms with Crippen LogP contribution in [0.25, 0.3) is 0 Å². The van der Waals surface area contributed by atoms with Crippen molar-refractivity contribution in [3.8, 4) is 0 Å². The lowest BCUT2D eigenvalue weighted by atomic mass is 10.0. The molecule has 4 heteroatoms. The zero-order chi connectivity index (χ0) is 15.2. The molecule has 0 radical (unpaired) electrons. The summed E-state index contributed by atoms with van der Waals surface area (Å²) < 4.78 is 0. The number of hydrogen-bond donors (Lipinski definition) is 3. The summed E-state index contributed by atoms with van der Waals surface area (Å²) in [5, 5.41) is 9.75. The van der Waals surface area contributed by atoms with Gasteiger partial charge in [-0.15, -0.1) is 0 Å². The summed E-state index contributed by atoms with van der Waals surface area (Å²) in [5.41, 5.74) is 2.67. The van der Waals surface area contributed by atoms with Crippen molar-refractivity contribution in [3.05, 3.63) is 23.8 Å². The molecule has 0 saturated heterocycles. The Hall–Kier alpha value is -1.71. The average Bonchev–Trinajstić information content (AvgIpc) is 2.46. The first-order valence-corrected chi connectivity index (χ1v) is 7.99. The standard InChI is InChI=1S/C17H27N3O/c1-12(2)6-4-7-13(3)20-17(21)14-8-5-9-15-16(14)19-11-10-18-15/h5,8-9,12-13,18-19H,4,6-7,10-11H2,1-3H3,(H,20,21). The van der Waals surface area contributed by atoms with Gasteiger partial charge in [-0.05, 0) is 31.4 Å². The second-order valence-electron chi connectivity index (χ2n) is 6.28. The van der Waals surface area contributed by atoms with Gasteiger partial charge in [-0.1, -0.05) is 32.8 Å². The van der Waals surface area contributed by atoms with Crippen LogP contribution in [0.5, 0.6) is 0 Å². The third-order valence-corrected chi connectivity index (χ3v) is 3.85. The molecule has 4 nitrogen and oxygen atoms in total. The van der Waals surface area contributed by atoms with Crippen molar-refractivity contribution in [2.75, 3.05) is 23.7 Å². The van der Waals surface area contributed by atoms with Gasteiger partial charge in [-0.3, -0.25) is 4.79 Å². The van der Waals surface area contributed by atoms with Crippen LogP contribution in [0.3, 0.4) is 0 Å². The quantitative estimate of drug-likeness (QED) is 0.751. The number of para-hydroxylation sites is 1. The number of benzene rings is 1. The Morgan fingerprint density at radius 3 is 2.71 bits per heavy atom. The van der Waals surface area contributed by atoms with Crippen LogP contribution in [0, 0.1) is 5.92 Å². The smallest absolute Gasteiger partial charge is 0.253 e. The monoisotopic (exact) mass is 289 g/mol. The molecule has 0 saturated carbocycles. The van der Waals surface area contributed by atoms with Gasteiger partial charge < -0.3 is 16.0 Å². The lowest BCUT2D eigenvalue weighted by Gasteiger charge is -2.23. The van der Waals surface area contributed by atoms with Crippen molar-refractivity contribution in [1.29, 1.82) is 0 Å². The van der Waals surface area contributed by atoms with Gasteiger partial charge >= 0.3 is 0 Å². The van der Waals surface area contributed by atoms with Crippen LogP contribution >= 0.6 is 0 Å². The Bertz CT molecular complexity index is 485. The molecule has 1 aliphatic rings. The van der Waals surface area contributed by atoms with E-state index >= 15 is 0 Å². The number of amides is 1. The molecule has 1 heterocycles. The molecule has 1 unspecified atom stereocenters. The Kier molecular flexibility index (Phi) is 5.48. The molecule has 0 bridgehead atoms. The van der Waals surface area contributed by atoms with Crippen molar-refractivity contribution in [3.63, 3.8) is 0 Å². The van der Waals surface area contributed by atoms with E-state index in [1.165, 1.54) is 6.42 Å². The fourth-order valence-electron chi connectivity index (χ4n) is 2.67. The van der Waals surface area contributed by atoms with Crippen LogP contribution < -0.4 is 16.0 Å². The molecule has 1 amide bonds. The van der Waals surface area contributed by atoms with Crippen LogP contribution in [0.2, 0.25) is 0 Å². The van der Waals surface area contributed by atoms with Gasteiger partial charge in [0.2, 0.25) is 0 Å². The van der Waals surface area contributed by atoms with E-state index in [4.69, 9.17) is 0 Å². The zero-order valence-corrected chi connectivity index (χ0v) is 13.3. The van der Waals surface area contributed by atoms with Gasteiger partial charge in [0, 0.05) is 19.1 Å². The van der Waals surface area contributed by atoms with E-state index in [1.807, 2.05) is 18.2 Å². The number of hydrogen-bond acceptors (Lipinski definition) is 3. The van der Waals surface area contributed by atoms with Gasteiger partial charge in [0.25, 0.3) is 5.91 Å². The molecule has 3 N–H and O–H groups in total. The molecular formula is C17H27N3O. The molecule has 1 atom stereocenters. The lowest BCUT2D eigenvalue weighted by molar-refractivity contribution is 0.0938.